The van der Waals surface area contributed by atoms with Gasteiger partial charge in [0.1, 0.15) is 0 Å². The van der Waals surface area contributed by atoms with Gasteiger partial charge < -0.3 is 15.3 Å². The summed E-state index contributed by atoms with van der Waals surface area (Å²) in [6.07, 6.45) is 8.24. The van der Waals surface area contributed by atoms with Gasteiger partial charge in [-0.2, -0.15) is 0 Å². The summed E-state index contributed by atoms with van der Waals surface area (Å²) in [4.78, 5) is 28.4. The predicted molar refractivity (Wildman–Crippen MR) is 167 cm³/mol. The van der Waals surface area contributed by atoms with E-state index in [9.17, 15) is 24.9 Å². The Balaban J connectivity index is 1.44. The Morgan fingerprint density at radius 3 is 2.44 bits per heavy atom. The van der Waals surface area contributed by atoms with Crippen LogP contribution in [0.5, 0.6) is 0 Å². The molecule has 1 aromatic carbocycles. The second-order valence-electron chi connectivity index (χ2n) is 14.8. The average Bonchev–Trinajstić information content (AvgIpc) is 3.43. The fraction of sp³-hybridized carbons (Fsp3) is 0.657. The molecule has 2 fully saturated rings. The van der Waals surface area contributed by atoms with Crippen LogP contribution in [0.4, 0.5) is 0 Å². The van der Waals surface area contributed by atoms with Gasteiger partial charge in [0.05, 0.1) is 35.6 Å². The van der Waals surface area contributed by atoms with Crippen LogP contribution in [0.15, 0.2) is 62.7 Å². The third kappa shape index (κ3) is 5.13. The Morgan fingerprint density at radius 1 is 1.05 bits per heavy atom. The van der Waals surface area contributed by atoms with Crippen molar-refractivity contribution in [3.8, 4) is 5.69 Å². The molecule has 1 aliphatic heterocycles. The van der Waals surface area contributed by atoms with E-state index in [1.165, 1.54) is 10.1 Å². The summed E-state index contributed by atoms with van der Waals surface area (Å²) in [7, 11) is 0. The molecule has 0 saturated heterocycles. The Morgan fingerprint density at radius 2 is 1.74 bits per heavy atom. The molecule has 0 bridgehead atoms. The van der Waals surface area contributed by atoms with Gasteiger partial charge in [0.25, 0.3) is 0 Å². The monoisotopic (exact) mass is 591 g/mol. The molecule has 8 unspecified atom stereocenters. The van der Waals surface area contributed by atoms with Crippen LogP contribution in [0.2, 0.25) is 0 Å². The lowest BCUT2D eigenvalue weighted by Crippen LogP contribution is -2.46. The quantitative estimate of drug-likeness (QED) is 0.390. The molecule has 1 aromatic heterocycles. The normalized spacial score (nSPS) is 33.1. The van der Waals surface area contributed by atoms with Crippen LogP contribution in [-0.4, -0.2) is 47.1 Å². The number of aromatic nitrogens is 3. The van der Waals surface area contributed by atoms with Crippen molar-refractivity contribution in [1.82, 2.24) is 13.9 Å². The minimum absolute atomic E-state index is 0.0874. The van der Waals surface area contributed by atoms with Gasteiger partial charge in [0.15, 0.2) is 0 Å². The van der Waals surface area contributed by atoms with Crippen molar-refractivity contribution in [3.63, 3.8) is 0 Å². The average molecular weight is 592 g/mol. The van der Waals surface area contributed by atoms with Crippen LogP contribution >= 0.6 is 0 Å². The maximum atomic E-state index is 14.2. The molecule has 2 saturated carbocycles. The lowest BCUT2D eigenvalue weighted by Gasteiger charge is -2.49. The van der Waals surface area contributed by atoms with Crippen LogP contribution in [0.25, 0.3) is 5.69 Å². The summed E-state index contributed by atoms with van der Waals surface area (Å²) in [5.74, 6) is 1.38. The fourth-order valence-electron chi connectivity index (χ4n) is 9.31. The first-order valence-electron chi connectivity index (χ1n) is 16.3. The lowest BCUT2D eigenvalue weighted by atomic mass is 9.59. The highest BCUT2D eigenvalue weighted by Gasteiger charge is 2.55. The minimum Gasteiger partial charge on any atom is -0.393 e. The summed E-state index contributed by atoms with van der Waals surface area (Å²) < 4.78 is 4.61. The van der Waals surface area contributed by atoms with E-state index >= 15 is 0 Å². The number of para-hydroxylation sites is 1. The molecule has 2 heterocycles. The topological polar surface area (TPSA) is 110 Å². The molecule has 43 heavy (non-hydrogen) atoms. The molecule has 0 radical (unpaired) electrons. The summed E-state index contributed by atoms with van der Waals surface area (Å²) in [5, 5.41) is 31.8. The van der Waals surface area contributed by atoms with Crippen molar-refractivity contribution < 1.29 is 15.3 Å². The molecule has 0 spiro atoms. The van der Waals surface area contributed by atoms with Gasteiger partial charge >= 0.3 is 11.4 Å². The summed E-state index contributed by atoms with van der Waals surface area (Å²) >= 11 is 0. The van der Waals surface area contributed by atoms with Crippen molar-refractivity contribution >= 4 is 0 Å². The van der Waals surface area contributed by atoms with Gasteiger partial charge in [-0.1, -0.05) is 51.0 Å². The van der Waals surface area contributed by atoms with Gasteiger partial charge in [-0.3, -0.25) is 0 Å². The molecule has 4 aliphatic rings. The standard InChI is InChI=1S/C35H49N3O5/c1-21(10-9-16-34(3,4)43)27-13-14-28-26-20-30(25-18-24(39)19-31(40)22(25)2)38-33(42)36(23-11-7-6-8-12-23)32(41)37(38)29(26)15-17-35(27,28)5/h6-8,11-12,20-21,24,27-31,39-40,43H,9-10,13-19H2,1-5H3. The Kier molecular flexibility index (Phi) is 7.79. The van der Waals surface area contributed by atoms with E-state index in [1.807, 2.05) is 39.0 Å². The highest BCUT2D eigenvalue weighted by atomic mass is 16.3. The number of benzene rings is 1. The van der Waals surface area contributed by atoms with Gasteiger partial charge in [-0.25, -0.2) is 23.5 Å². The first kappa shape index (κ1) is 30.4. The van der Waals surface area contributed by atoms with Crippen molar-refractivity contribution in [3.05, 3.63) is 74.1 Å². The molecule has 3 N–H and O–H groups in total. The van der Waals surface area contributed by atoms with Gasteiger partial charge in [0, 0.05) is 6.42 Å². The van der Waals surface area contributed by atoms with E-state index in [4.69, 9.17) is 0 Å². The van der Waals surface area contributed by atoms with Crippen LogP contribution < -0.4 is 11.4 Å². The number of fused-ring (bicyclic) bond motifs is 5. The van der Waals surface area contributed by atoms with Crippen LogP contribution in [-0.2, 0) is 0 Å². The maximum absolute atomic E-state index is 14.2. The Hall–Kier alpha value is -2.68. The Bertz CT molecular complexity index is 1540. The molecule has 8 heteroatoms. The minimum atomic E-state index is -0.779. The second-order valence-corrected chi connectivity index (χ2v) is 14.8. The van der Waals surface area contributed by atoms with E-state index in [0.717, 1.165) is 56.1 Å². The zero-order valence-corrected chi connectivity index (χ0v) is 26.4. The fourth-order valence-corrected chi connectivity index (χ4v) is 9.31. The molecule has 8 atom stereocenters. The van der Waals surface area contributed by atoms with Crippen molar-refractivity contribution in [2.75, 3.05) is 0 Å². The van der Waals surface area contributed by atoms with Gasteiger partial charge in [-0.05, 0) is 111 Å². The van der Waals surface area contributed by atoms with E-state index < -0.39 is 23.9 Å². The molecule has 0 amide bonds. The maximum Gasteiger partial charge on any atom is 0.352 e. The van der Waals surface area contributed by atoms with E-state index in [2.05, 4.69) is 19.9 Å². The summed E-state index contributed by atoms with van der Waals surface area (Å²) in [5.41, 5.74) is 2.13. The van der Waals surface area contributed by atoms with Crippen LogP contribution in [0.3, 0.4) is 0 Å². The highest BCUT2D eigenvalue weighted by molar-refractivity contribution is 5.37. The van der Waals surface area contributed by atoms with Crippen molar-refractivity contribution in [2.45, 2.75) is 122 Å². The zero-order valence-electron chi connectivity index (χ0n) is 26.4. The largest absolute Gasteiger partial charge is 0.393 e. The predicted octanol–water partition coefficient (Wildman–Crippen LogP) is 5.06. The van der Waals surface area contributed by atoms with Crippen molar-refractivity contribution in [2.24, 2.45) is 23.2 Å². The Labute approximate surface area is 254 Å². The molecule has 234 valence electrons. The third-order valence-corrected chi connectivity index (χ3v) is 11.5. The number of aliphatic hydroxyl groups is 3. The first-order valence-corrected chi connectivity index (χ1v) is 16.3. The van der Waals surface area contributed by atoms with Crippen LogP contribution in [0, 0.1) is 23.2 Å². The molecule has 6 rings (SSSR count). The summed E-state index contributed by atoms with van der Waals surface area (Å²) in [6, 6.07) is 8.38. The van der Waals surface area contributed by atoms with Gasteiger partial charge in [0.2, 0.25) is 0 Å². The van der Waals surface area contributed by atoms with Gasteiger partial charge in [-0.15, -0.1) is 0 Å². The third-order valence-electron chi connectivity index (χ3n) is 11.5. The first-order chi connectivity index (χ1) is 20.3. The SMILES string of the molecule is CC1=C(C2C=C3C(CCC4(C)C3CCC4C(C)CCCC(C)(C)O)n3c(=O)n(-c4ccccc4)c(=O)n32)CC(O)CC1O. The molecule has 3 aliphatic carbocycles. The number of nitrogens with zero attached hydrogens (tertiary/aromatic N) is 3. The molecular weight excluding hydrogens is 542 g/mol. The van der Waals surface area contributed by atoms with Crippen molar-refractivity contribution in [1.29, 1.82) is 0 Å². The molecule has 2 aromatic rings. The molecule has 8 nitrogen and oxygen atoms in total. The van der Waals surface area contributed by atoms with E-state index in [1.54, 1.807) is 21.5 Å². The number of aliphatic hydroxyl groups excluding tert-OH is 2. The molecular formula is C35H49N3O5. The highest BCUT2D eigenvalue weighted by Crippen LogP contribution is 2.62. The lowest BCUT2D eigenvalue weighted by molar-refractivity contribution is 0.0538. The second kappa shape index (κ2) is 11.0. The van der Waals surface area contributed by atoms with E-state index in [-0.39, 0.29) is 29.3 Å². The van der Waals surface area contributed by atoms with E-state index in [0.29, 0.717) is 29.9 Å². The summed E-state index contributed by atoms with van der Waals surface area (Å²) in [6.45, 7) is 10.5. The number of hydrogen-bond acceptors (Lipinski definition) is 5. The number of hydrogen-bond donors (Lipinski definition) is 3. The smallest absolute Gasteiger partial charge is 0.352 e. The number of rotatable bonds is 7. The number of allylic oxidation sites excluding steroid dienone is 2. The van der Waals surface area contributed by atoms with Crippen LogP contribution in [0.1, 0.15) is 104 Å². The zero-order chi connectivity index (χ0) is 30.8.